The summed E-state index contributed by atoms with van der Waals surface area (Å²) in [6.07, 6.45) is 1.13. The van der Waals surface area contributed by atoms with E-state index in [1.54, 1.807) is 38.2 Å². The number of aryl methyl sites for hydroxylation is 1. The first-order valence-electron chi connectivity index (χ1n) is 9.43. The van der Waals surface area contributed by atoms with Gasteiger partial charge in [-0.3, -0.25) is 14.9 Å². The van der Waals surface area contributed by atoms with Crippen LogP contribution in [0, 0.1) is 17.0 Å². The molecule has 1 amide bonds. The third-order valence-electron chi connectivity index (χ3n) is 4.89. The van der Waals surface area contributed by atoms with Gasteiger partial charge in [-0.05, 0) is 43.7 Å². The summed E-state index contributed by atoms with van der Waals surface area (Å²) in [5, 5.41) is 13.5. The molecule has 168 valence electrons. The molecule has 0 aliphatic heterocycles. The van der Waals surface area contributed by atoms with Crippen LogP contribution in [0.4, 0.5) is 5.69 Å². The summed E-state index contributed by atoms with van der Waals surface area (Å²) in [5.41, 5.74) is 1.62. The van der Waals surface area contributed by atoms with Gasteiger partial charge in [-0.1, -0.05) is 23.9 Å². The zero-order valence-electron chi connectivity index (χ0n) is 17.8. The van der Waals surface area contributed by atoms with Gasteiger partial charge in [-0.25, -0.2) is 13.4 Å². The van der Waals surface area contributed by atoms with Crippen LogP contribution in [0.1, 0.15) is 34.6 Å². The highest BCUT2D eigenvalue weighted by molar-refractivity contribution is 8.01. The summed E-state index contributed by atoms with van der Waals surface area (Å²) < 4.78 is 24.0. The first-order chi connectivity index (χ1) is 15.0. The number of carbonyl (C=O) groups excluding carboxylic acids is 1. The maximum atomic E-state index is 13.0. The first kappa shape index (κ1) is 23.9. The zero-order valence-corrected chi connectivity index (χ0v) is 20.3. The fraction of sp³-hybridized carbons (Fsp3) is 0.238. The lowest BCUT2D eigenvalue weighted by Crippen LogP contribution is -2.29. The Hall–Kier alpha value is -2.76. The molecule has 1 atom stereocenters. The van der Waals surface area contributed by atoms with Crippen LogP contribution < -0.4 is 0 Å². The predicted octanol–water partition coefficient (Wildman–Crippen LogP) is 4.75. The molecular formula is C21H21N3O5S3. The summed E-state index contributed by atoms with van der Waals surface area (Å²) in [6.45, 7) is 3.65. The highest BCUT2D eigenvalue weighted by Gasteiger charge is 2.24. The van der Waals surface area contributed by atoms with E-state index in [1.165, 1.54) is 46.2 Å². The molecule has 2 aromatic carbocycles. The Morgan fingerprint density at radius 1 is 1.22 bits per heavy atom. The van der Waals surface area contributed by atoms with E-state index in [0.717, 1.165) is 17.5 Å². The molecule has 3 rings (SSSR count). The van der Waals surface area contributed by atoms with Gasteiger partial charge in [0.2, 0.25) is 0 Å². The van der Waals surface area contributed by atoms with Crippen LogP contribution in [0.3, 0.4) is 0 Å². The van der Waals surface area contributed by atoms with Crippen molar-refractivity contribution in [1.82, 2.24) is 9.88 Å². The van der Waals surface area contributed by atoms with Gasteiger partial charge in [-0.15, -0.1) is 11.3 Å². The van der Waals surface area contributed by atoms with Crippen molar-refractivity contribution in [3.05, 3.63) is 74.8 Å². The molecule has 0 saturated carbocycles. The highest BCUT2D eigenvalue weighted by Crippen LogP contribution is 2.37. The van der Waals surface area contributed by atoms with Crippen molar-refractivity contribution in [1.29, 1.82) is 0 Å². The Morgan fingerprint density at radius 3 is 2.41 bits per heavy atom. The van der Waals surface area contributed by atoms with E-state index in [2.05, 4.69) is 4.98 Å². The van der Waals surface area contributed by atoms with Crippen molar-refractivity contribution in [2.75, 3.05) is 13.3 Å². The monoisotopic (exact) mass is 491 g/mol. The second kappa shape index (κ2) is 9.39. The molecule has 0 bridgehead atoms. The molecule has 1 unspecified atom stereocenters. The van der Waals surface area contributed by atoms with Crippen LogP contribution in [0.25, 0.3) is 0 Å². The van der Waals surface area contributed by atoms with E-state index >= 15 is 0 Å². The predicted molar refractivity (Wildman–Crippen MR) is 124 cm³/mol. The molecule has 1 heterocycles. The van der Waals surface area contributed by atoms with E-state index in [-0.39, 0.29) is 28.1 Å². The van der Waals surface area contributed by atoms with Crippen molar-refractivity contribution in [3.8, 4) is 0 Å². The summed E-state index contributed by atoms with van der Waals surface area (Å²) in [7, 11) is -1.71. The molecular weight excluding hydrogens is 470 g/mol. The molecule has 0 aliphatic carbocycles. The number of benzene rings is 2. The second-order valence-electron chi connectivity index (χ2n) is 7.23. The van der Waals surface area contributed by atoms with Crippen molar-refractivity contribution in [2.45, 2.75) is 34.0 Å². The van der Waals surface area contributed by atoms with Crippen LogP contribution in [0.5, 0.6) is 0 Å². The van der Waals surface area contributed by atoms with Gasteiger partial charge in [0.05, 0.1) is 20.8 Å². The molecule has 0 saturated heterocycles. The minimum atomic E-state index is -3.31. The molecule has 3 aromatic rings. The number of nitro groups is 1. The number of hydrogen-bond donors (Lipinski definition) is 0. The lowest BCUT2D eigenvalue weighted by molar-refractivity contribution is -0.387. The van der Waals surface area contributed by atoms with Gasteiger partial charge in [0.15, 0.2) is 14.2 Å². The number of aromatic nitrogens is 1. The number of nitro benzene ring substituents is 1. The van der Waals surface area contributed by atoms with Crippen LogP contribution in [-0.4, -0.2) is 42.4 Å². The Bertz CT molecular complexity index is 1270. The Balaban J connectivity index is 1.84. The van der Waals surface area contributed by atoms with E-state index in [1.807, 2.05) is 12.3 Å². The lowest BCUT2D eigenvalue weighted by Gasteiger charge is -2.25. The average molecular weight is 492 g/mol. The molecule has 0 radical (unpaired) electrons. The Kier molecular flexibility index (Phi) is 7.01. The van der Waals surface area contributed by atoms with Crippen molar-refractivity contribution in [3.63, 3.8) is 0 Å². The normalized spacial score (nSPS) is 12.4. The maximum absolute atomic E-state index is 13.0. The smallest absolute Gasteiger partial charge is 0.284 e. The maximum Gasteiger partial charge on any atom is 0.284 e. The van der Waals surface area contributed by atoms with Crippen molar-refractivity contribution in [2.24, 2.45) is 0 Å². The lowest BCUT2D eigenvalue weighted by atomic mass is 10.1. The van der Waals surface area contributed by atoms with Crippen molar-refractivity contribution < 1.29 is 18.1 Å². The Morgan fingerprint density at radius 2 is 1.88 bits per heavy atom. The number of rotatable bonds is 7. The number of carbonyl (C=O) groups is 1. The minimum Gasteiger partial charge on any atom is -0.335 e. The van der Waals surface area contributed by atoms with Crippen LogP contribution in [0.15, 0.2) is 62.0 Å². The molecule has 0 fully saturated rings. The van der Waals surface area contributed by atoms with Gasteiger partial charge in [0.25, 0.3) is 11.6 Å². The largest absolute Gasteiger partial charge is 0.335 e. The van der Waals surface area contributed by atoms with Gasteiger partial charge >= 0.3 is 0 Å². The zero-order chi connectivity index (χ0) is 23.6. The highest BCUT2D eigenvalue weighted by atomic mass is 32.2. The SMILES string of the molecule is Cc1csc(Sc2ccc(C(=O)N(C)C(C)c3ccc(S(C)(=O)=O)cc3)cc2[N+](=O)[O-])n1. The topological polar surface area (TPSA) is 110 Å². The Labute approximate surface area is 194 Å². The molecule has 32 heavy (non-hydrogen) atoms. The van der Waals surface area contributed by atoms with Gasteiger partial charge in [0.1, 0.15) is 0 Å². The first-order valence-corrected chi connectivity index (χ1v) is 13.0. The van der Waals surface area contributed by atoms with Crippen LogP contribution >= 0.6 is 23.1 Å². The molecule has 8 nitrogen and oxygen atoms in total. The minimum absolute atomic E-state index is 0.160. The number of hydrogen-bond acceptors (Lipinski definition) is 8. The number of nitrogens with zero attached hydrogens (tertiary/aromatic N) is 3. The average Bonchev–Trinajstić information content (AvgIpc) is 3.16. The summed E-state index contributed by atoms with van der Waals surface area (Å²) in [6, 6.07) is 10.3. The van der Waals surface area contributed by atoms with E-state index < -0.39 is 14.8 Å². The van der Waals surface area contributed by atoms with Crippen molar-refractivity contribution >= 4 is 44.5 Å². The summed E-state index contributed by atoms with van der Waals surface area (Å²) >= 11 is 2.59. The number of thiazole rings is 1. The number of sulfone groups is 1. The molecule has 11 heteroatoms. The third kappa shape index (κ3) is 5.34. The van der Waals surface area contributed by atoms with E-state index in [0.29, 0.717) is 9.24 Å². The molecule has 0 aliphatic rings. The third-order valence-corrected chi connectivity index (χ3v) is 8.14. The van der Waals surface area contributed by atoms with Gasteiger partial charge in [0, 0.05) is 36.0 Å². The fourth-order valence-electron chi connectivity index (χ4n) is 2.95. The number of amides is 1. The molecule has 0 spiro atoms. The van der Waals surface area contributed by atoms with E-state index in [4.69, 9.17) is 0 Å². The van der Waals surface area contributed by atoms with Crippen LogP contribution in [0.2, 0.25) is 0 Å². The molecule has 1 aromatic heterocycles. The standard InChI is InChI=1S/C21H21N3O5S3/c1-13-12-30-21(22-13)31-19-10-7-16(11-18(19)24(26)27)20(25)23(3)14(2)15-5-8-17(9-6-15)32(4,28)29/h5-12,14H,1-4H3. The second-order valence-corrected chi connectivity index (χ2v) is 11.4. The quantitative estimate of drug-likeness (QED) is 0.346. The fourth-order valence-corrected chi connectivity index (χ4v) is 5.46. The van der Waals surface area contributed by atoms with E-state index in [9.17, 15) is 23.3 Å². The molecule has 0 N–H and O–H groups in total. The summed E-state index contributed by atoms with van der Waals surface area (Å²) in [4.78, 5) is 30.5. The van der Waals surface area contributed by atoms with Crippen LogP contribution in [-0.2, 0) is 9.84 Å². The van der Waals surface area contributed by atoms with Gasteiger partial charge < -0.3 is 4.90 Å². The van der Waals surface area contributed by atoms with Gasteiger partial charge in [-0.2, -0.15) is 0 Å². The summed E-state index contributed by atoms with van der Waals surface area (Å²) in [5.74, 6) is -0.380.